The normalized spacial score (nSPS) is 33.0. The van der Waals surface area contributed by atoms with Crippen LogP contribution in [0.25, 0.3) is 0 Å². The van der Waals surface area contributed by atoms with Crippen molar-refractivity contribution in [2.45, 2.75) is 31.3 Å². The van der Waals surface area contributed by atoms with Crippen LogP contribution >= 0.6 is 0 Å². The smallest absolute Gasteiger partial charge is 0.250 e. The predicted molar refractivity (Wildman–Crippen MR) is 29.6 cm³/mol. The van der Waals surface area contributed by atoms with Gasteiger partial charge in [-0.3, -0.25) is 0 Å². The van der Waals surface area contributed by atoms with Gasteiger partial charge in [0.25, 0.3) is 5.92 Å². The maximum Gasteiger partial charge on any atom is 0.250 e. The van der Waals surface area contributed by atoms with Crippen LogP contribution in [0.4, 0.5) is 8.78 Å². The van der Waals surface area contributed by atoms with Crippen molar-refractivity contribution in [3.8, 4) is 0 Å². The summed E-state index contributed by atoms with van der Waals surface area (Å²) in [7, 11) is 1.48. The van der Waals surface area contributed by atoms with E-state index in [0.29, 0.717) is 6.42 Å². The van der Waals surface area contributed by atoms with Gasteiger partial charge in [-0.25, -0.2) is 8.78 Å². The minimum Gasteiger partial charge on any atom is -0.381 e. The minimum atomic E-state index is -2.46. The average molecular weight is 136 g/mol. The van der Waals surface area contributed by atoms with Gasteiger partial charge in [0, 0.05) is 20.0 Å². The van der Waals surface area contributed by atoms with Gasteiger partial charge in [-0.15, -0.1) is 0 Å². The first-order chi connectivity index (χ1) is 4.14. The van der Waals surface area contributed by atoms with Gasteiger partial charge in [-0.1, -0.05) is 0 Å². The van der Waals surface area contributed by atoms with Gasteiger partial charge in [0.1, 0.15) is 0 Å². The third-order valence-corrected chi connectivity index (χ3v) is 1.69. The maximum atomic E-state index is 12.3. The highest BCUT2D eigenvalue weighted by atomic mass is 19.3. The summed E-state index contributed by atoms with van der Waals surface area (Å²) >= 11 is 0. The highest BCUT2D eigenvalue weighted by Crippen LogP contribution is 2.35. The Kier molecular flexibility index (Phi) is 1.70. The fraction of sp³-hybridized carbons (Fsp3) is 1.00. The fourth-order valence-electron chi connectivity index (χ4n) is 1.11. The molecule has 1 atom stereocenters. The molecule has 1 aliphatic rings. The zero-order valence-corrected chi connectivity index (χ0v) is 5.36. The molecule has 0 heterocycles. The van der Waals surface area contributed by atoms with Crippen LogP contribution in [0, 0.1) is 0 Å². The van der Waals surface area contributed by atoms with Crippen LogP contribution < -0.4 is 0 Å². The van der Waals surface area contributed by atoms with Crippen molar-refractivity contribution < 1.29 is 13.5 Å². The Morgan fingerprint density at radius 1 is 1.56 bits per heavy atom. The summed E-state index contributed by atoms with van der Waals surface area (Å²) in [5, 5.41) is 0. The van der Waals surface area contributed by atoms with Crippen LogP contribution in [0.15, 0.2) is 0 Å². The molecule has 0 bridgehead atoms. The third-order valence-electron chi connectivity index (χ3n) is 1.69. The molecule has 3 heteroatoms. The zero-order chi connectivity index (χ0) is 6.91. The van der Waals surface area contributed by atoms with Gasteiger partial charge in [0.2, 0.25) is 0 Å². The summed E-state index contributed by atoms with van der Waals surface area (Å²) in [6.07, 6.45) is 0.193. The molecule has 0 aromatic rings. The Bertz CT molecular complexity index is 103. The molecule has 54 valence electrons. The fourth-order valence-corrected chi connectivity index (χ4v) is 1.11. The van der Waals surface area contributed by atoms with Crippen molar-refractivity contribution in [1.82, 2.24) is 0 Å². The van der Waals surface area contributed by atoms with E-state index in [1.807, 2.05) is 0 Å². The second-order valence-electron chi connectivity index (χ2n) is 2.46. The standard InChI is InChI=1S/C6H10F2O/c1-9-5-2-3-6(7,8)4-5/h5H,2-4H2,1H3/t5-/m0/s1. The molecule has 1 aliphatic carbocycles. The van der Waals surface area contributed by atoms with E-state index in [-0.39, 0.29) is 18.9 Å². The number of hydrogen-bond acceptors (Lipinski definition) is 1. The average Bonchev–Trinajstić information content (AvgIpc) is 2.10. The van der Waals surface area contributed by atoms with Gasteiger partial charge in [-0.05, 0) is 6.42 Å². The second-order valence-corrected chi connectivity index (χ2v) is 2.46. The van der Waals surface area contributed by atoms with Gasteiger partial charge < -0.3 is 4.74 Å². The first-order valence-corrected chi connectivity index (χ1v) is 3.05. The molecule has 0 amide bonds. The van der Waals surface area contributed by atoms with E-state index in [4.69, 9.17) is 4.74 Å². The van der Waals surface area contributed by atoms with Crippen LogP contribution in [0.5, 0.6) is 0 Å². The maximum absolute atomic E-state index is 12.3. The minimum absolute atomic E-state index is 0.00843. The Balaban J connectivity index is 2.38. The Hall–Kier alpha value is -0.180. The van der Waals surface area contributed by atoms with Gasteiger partial charge >= 0.3 is 0 Å². The van der Waals surface area contributed by atoms with E-state index in [9.17, 15) is 8.78 Å². The molecule has 1 fully saturated rings. The lowest BCUT2D eigenvalue weighted by Crippen LogP contribution is -2.12. The summed E-state index contributed by atoms with van der Waals surface area (Å²) < 4.78 is 29.4. The summed E-state index contributed by atoms with van der Waals surface area (Å²) in [5.41, 5.74) is 0. The van der Waals surface area contributed by atoms with Crippen molar-refractivity contribution >= 4 is 0 Å². The summed E-state index contributed by atoms with van der Waals surface area (Å²) in [6.45, 7) is 0. The summed E-state index contributed by atoms with van der Waals surface area (Å²) in [4.78, 5) is 0. The molecule has 0 aliphatic heterocycles. The van der Waals surface area contributed by atoms with E-state index in [2.05, 4.69) is 0 Å². The summed E-state index contributed by atoms with van der Waals surface area (Å²) in [6, 6.07) is 0. The van der Waals surface area contributed by atoms with E-state index >= 15 is 0 Å². The van der Waals surface area contributed by atoms with E-state index < -0.39 is 5.92 Å². The first-order valence-electron chi connectivity index (χ1n) is 3.05. The molecule has 0 spiro atoms. The molecule has 1 saturated carbocycles. The number of methoxy groups -OCH3 is 1. The predicted octanol–water partition coefficient (Wildman–Crippen LogP) is 1.82. The monoisotopic (exact) mass is 136 g/mol. The van der Waals surface area contributed by atoms with E-state index in [1.165, 1.54) is 7.11 Å². The number of alkyl halides is 2. The molecule has 9 heavy (non-hydrogen) atoms. The molecule has 1 nitrogen and oxygen atoms in total. The molecule has 0 aromatic heterocycles. The Labute approximate surface area is 53.0 Å². The van der Waals surface area contributed by atoms with Crippen molar-refractivity contribution in [2.75, 3.05) is 7.11 Å². The number of ether oxygens (including phenoxy) is 1. The van der Waals surface area contributed by atoms with Gasteiger partial charge in [0.05, 0.1) is 6.10 Å². The molecular weight excluding hydrogens is 126 g/mol. The van der Waals surface area contributed by atoms with Crippen molar-refractivity contribution in [2.24, 2.45) is 0 Å². The van der Waals surface area contributed by atoms with Crippen molar-refractivity contribution in [3.63, 3.8) is 0 Å². The number of hydrogen-bond donors (Lipinski definition) is 0. The van der Waals surface area contributed by atoms with Crippen molar-refractivity contribution in [1.29, 1.82) is 0 Å². The Morgan fingerprint density at radius 2 is 2.22 bits per heavy atom. The van der Waals surface area contributed by atoms with Crippen LogP contribution in [0.1, 0.15) is 19.3 Å². The molecule has 0 saturated heterocycles. The highest BCUT2D eigenvalue weighted by Gasteiger charge is 2.39. The van der Waals surface area contributed by atoms with Gasteiger partial charge in [0.15, 0.2) is 0 Å². The quantitative estimate of drug-likeness (QED) is 0.534. The lowest BCUT2D eigenvalue weighted by atomic mass is 10.3. The topological polar surface area (TPSA) is 9.23 Å². The molecule has 0 radical (unpaired) electrons. The van der Waals surface area contributed by atoms with Crippen molar-refractivity contribution in [3.05, 3.63) is 0 Å². The van der Waals surface area contributed by atoms with Crippen LogP contribution in [-0.2, 0) is 4.74 Å². The van der Waals surface area contributed by atoms with Crippen LogP contribution in [-0.4, -0.2) is 19.1 Å². The highest BCUT2D eigenvalue weighted by molar-refractivity contribution is 4.81. The Morgan fingerprint density at radius 3 is 2.44 bits per heavy atom. The third kappa shape index (κ3) is 1.61. The number of halogens is 2. The largest absolute Gasteiger partial charge is 0.381 e. The molecule has 0 N–H and O–H groups in total. The number of rotatable bonds is 1. The van der Waals surface area contributed by atoms with Crippen LogP contribution in [0.2, 0.25) is 0 Å². The molecule has 0 aromatic carbocycles. The summed E-state index contributed by atoms with van der Waals surface area (Å²) in [5.74, 6) is -2.46. The molecular formula is C6H10F2O. The molecule has 0 unspecified atom stereocenters. The van der Waals surface area contributed by atoms with Gasteiger partial charge in [-0.2, -0.15) is 0 Å². The SMILES string of the molecule is CO[C@H]1CCC(F)(F)C1. The first kappa shape index (κ1) is 6.93. The van der Waals surface area contributed by atoms with E-state index in [0.717, 1.165) is 0 Å². The van der Waals surface area contributed by atoms with Crippen LogP contribution in [0.3, 0.4) is 0 Å². The second kappa shape index (κ2) is 2.21. The lowest BCUT2D eigenvalue weighted by molar-refractivity contribution is -0.00991. The van der Waals surface area contributed by atoms with E-state index in [1.54, 1.807) is 0 Å². The molecule has 1 rings (SSSR count). The lowest BCUT2D eigenvalue weighted by Gasteiger charge is -2.07. The zero-order valence-electron chi connectivity index (χ0n) is 5.36.